The van der Waals surface area contributed by atoms with Gasteiger partial charge >= 0.3 is 0 Å². The summed E-state index contributed by atoms with van der Waals surface area (Å²) >= 11 is 11.3. The van der Waals surface area contributed by atoms with E-state index in [2.05, 4.69) is 15.3 Å². The lowest BCUT2D eigenvalue weighted by Gasteiger charge is -2.10. The van der Waals surface area contributed by atoms with E-state index in [0.29, 0.717) is 5.82 Å². The average Bonchev–Trinajstić information content (AvgIpc) is 1.99. The van der Waals surface area contributed by atoms with Gasteiger partial charge in [0.15, 0.2) is 21.9 Å². The third-order valence-corrected chi connectivity index (χ3v) is 1.89. The van der Waals surface area contributed by atoms with Crippen molar-refractivity contribution in [2.45, 2.75) is 19.9 Å². The summed E-state index contributed by atoms with van der Waals surface area (Å²) in [6, 6.07) is 0.217. The lowest BCUT2D eigenvalue weighted by Crippen LogP contribution is -2.13. The molecule has 0 aromatic carbocycles. The molecule has 1 rings (SSSR count). The van der Waals surface area contributed by atoms with Crippen molar-refractivity contribution in [1.82, 2.24) is 9.97 Å². The Kier molecular flexibility index (Phi) is 3.17. The predicted octanol–water partition coefficient (Wildman–Crippen LogP) is 2.19. The maximum Gasteiger partial charge on any atom is 0.170 e. The maximum atomic E-state index is 5.67. The Morgan fingerprint density at radius 1 is 1.23 bits per heavy atom. The molecule has 0 aliphatic rings. The second-order valence-electron chi connectivity index (χ2n) is 2.84. The van der Waals surface area contributed by atoms with Gasteiger partial charge in [-0.2, -0.15) is 0 Å². The largest absolute Gasteiger partial charge is 0.381 e. The molecule has 0 saturated carbocycles. The van der Waals surface area contributed by atoms with Crippen LogP contribution < -0.4 is 11.1 Å². The molecule has 1 aromatic heterocycles. The van der Waals surface area contributed by atoms with Crippen LogP contribution in [0.5, 0.6) is 0 Å². The number of rotatable bonds is 2. The van der Waals surface area contributed by atoms with Gasteiger partial charge in [0.25, 0.3) is 0 Å². The van der Waals surface area contributed by atoms with Gasteiger partial charge in [-0.3, -0.25) is 0 Å². The maximum absolute atomic E-state index is 5.67. The van der Waals surface area contributed by atoms with Crippen molar-refractivity contribution in [2.75, 3.05) is 11.1 Å². The summed E-state index contributed by atoms with van der Waals surface area (Å²) in [6.45, 7) is 3.92. The van der Waals surface area contributed by atoms with E-state index in [1.807, 2.05) is 13.8 Å². The Bertz CT molecular complexity index is 314. The molecular weight excluding hydrogens is 211 g/mol. The Balaban J connectivity index is 3.01. The molecule has 0 amide bonds. The van der Waals surface area contributed by atoms with Crippen molar-refractivity contribution < 1.29 is 0 Å². The molecule has 0 bridgehead atoms. The predicted molar refractivity (Wildman–Crippen MR) is 55.2 cm³/mol. The van der Waals surface area contributed by atoms with Crippen LogP contribution in [-0.2, 0) is 0 Å². The van der Waals surface area contributed by atoms with E-state index in [1.54, 1.807) is 0 Å². The fourth-order valence-corrected chi connectivity index (χ4v) is 1.05. The fourth-order valence-electron chi connectivity index (χ4n) is 0.786. The molecule has 6 heteroatoms. The molecule has 0 spiro atoms. The zero-order chi connectivity index (χ0) is 10.0. The number of nitrogens with one attached hydrogen (secondary N) is 1. The summed E-state index contributed by atoms with van der Waals surface area (Å²) in [5.41, 5.74) is 5.56. The van der Waals surface area contributed by atoms with Crippen molar-refractivity contribution in [3.8, 4) is 0 Å². The fraction of sp³-hybridized carbons (Fsp3) is 0.429. The van der Waals surface area contributed by atoms with Crippen LogP contribution in [0.3, 0.4) is 0 Å². The summed E-state index contributed by atoms with van der Waals surface area (Å²) in [7, 11) is 0. The number of hydrogen-bond donors (Lipinski definition) is 2. The van der Waals surface area contributed by atoms with Gasteiger partial charge in [-0.1, -0.05) is 23.2 Å². The molecule has 1 heterocycles. The summed E-state index contributed by atoms with van der Waals surface area (Å²) in [4.78, 5) is 7.76. The summed E-state index contributed by atoms with van der Waals surface area (Å²) in [5.74, 6) is 0.715. The van der Waals surface area contributed by atoms with Gasteiger partial charge in [0, 0.05) is 6.04 Å². The number of nitrogen functional groups attached to an aromatic ring is 1. The van der Waals surface area contributed by atoms with Crippen molar-refractivity contribution in [3.05, 3.63) is 10.3 Å². The third kappa shape index (κ3) is 2.60. The lowest BCUT2D eigenvalue weighted by atomic mass is 10.4. The molecule has 0 atom stereocenters. The van der Waals surface area contributed by atoms with E-state index in [0.717, 1.165) is 0 Å². The second-order valence-corrected chi connectivity index (χ2v) is 3.55. The molecular formula is C7H10Cl2N4. The average molecular weight is 221 g/mol. The first-order valence-electron chi connectivity index (χ1n) is 3.75. The smallest absolute Gasteiger partial charge is 0.170 e. The van der Waals surface area contributed by atoms with Crippen LogP contribution in [0.1, 0.15) is 13.8 Å². The van der Waals surface area contributed by atoms with E-state index in [4.69, 9.17) is 28.9 Å². The molecule has 1 aromatic rings. The van der Waals surface area contributed by atoms with Crippen LogP contribution in [0, 0.1) is 0 Å². The molecule has 13 heavy (non-hydrogen) atoms. The summed E-state index contributed by atoms with van der Waals surface area (Å²) < 4.78 is 0. The van der Waals surface area contributed by atoms with Crippen LogP contribution in [0.2, 0.25) is 10.3 Å². The first kappa shape index (κ1) is 10.3. The van der Waals surface area contributed by atoms with Crippen LogP contribution >= 0.6 is 23.2 Å². The van der Waals surface area contributed by atoms with Crippen molar-refractivity contribution >= 4 is 34.8 Å². The van der Waals surface area contributed by atoms with Crippen LogP contribution in [0.15, 0.2) is 0 Å². The number of nitrogens with zero attached hydrogens (tertiary/aromatic N) is 2. The van der Waals surface area contributed by atoms with Crippen LogP contribution in [0.25, 0.3) is 0 Å². The molecule has 0 fully saturated rings. The highest BCUT2D eigenvalue weighted by molar-refractivity contribution is 6.40. The van der Waals surface area contributed by atoms with Gasteiger partial charge in [0.2, 0.25) is 0 Å². The zero-order valence-corrected chi connectivity index (χ0v) is 8.82. The Morgan fingerprint density at radius 3 is 2.31 bits per heavy atom. The van der Waals surface area contributed by atoms with Gasteiger partial charge < -0.3 is 11.1 Å². The van der Waals surface area contributed by atoms with Crippen molar-refractivity contribution in [2.24, 2.45) is 0 Å². The topological polar surface area (TPSA) is 63.8 Å². The molecule has 0 unspecified atom stereocenters. The monoisotopic (exact) mass is 220 g/mol. The second kappa shape index (κ2) is 3.98. The van der Waals surface area contributed by atoms with E-state index >= 15 is 0 Å². The van der Waals surface area contributed by atoms with Crippen molar-refractivity contribution in [1.29, 1.82) is 0 Å². The van der Waals surface area contributed by atoms with E-state index in [-0.39, 0.29) is 22.2 Å². The van der Waals surface area contributed by atoms with Crippen LogP contribution in [-0.4, -0.2) is 16.0 Å². The molecule has 0 radical (unpaired) electrons. The third-order valence-electron chi connectivity index (χ3n) is 1.27. The summed E-state index contributed by atoms with van der Waals surface area (Å²) in [6.07, 6.45) is 0. The highest BCUT2D eigenvalue weighted by atomic mass is 35.5. The van der Waals surface area contributed by atoms with Gasteiger partial charge in [-0.25, -0.2) is 9.97 Å². The molecule has 0 saturated heterocycles. The number of aromatic nitrogens is 2. The van der Waals surface area contributed by atoms with Gasteiger partial charge in [-0.05, 0) is 13.8 Å². The minimum Gasteiger partial charge on any atom is -0.381 e. The van der Waals surface area contributed by atoms with E-state index in [1.165, 1.54) is 0 Å². The van der Waals surface area contributed by atoms with E-state index < -0.39 is 0 Å². The minimum absolute atomic E-state index is 0.119. The first-order valence-corrected chi connectivity index (χ1v) is 4.51. The Morgan fingerprint density at radius 2 is 1.77 bits per heavy atom. The highest BCUT2D eigenvalue weighted by Gasteiger charge is 2.08. The Labute approximate surface area is 86.5 Å². The number of hydrogen-bond acceptors (Lipinski definition) is 4. The molecule has 3 N–H and O–H groups in total. The minimum atomic E-state index is 0.119. The lowest BCUT2D eigenvalue weighted by molar-refractivity contribution is 0.887. The van der Waals surface area contributed by atoms with Gasteiger partial charge in [0.05, 0.1) is 0 Å². The highest BCUT2D eigenvalue weighted by Crippen LogP contribution is 2.23. The number of halogens is 2. The number of nitrogens with two attached hydrogens (primary N) is 1. The Hall–Kier alpha value is -0.740. The first-order chi connectivity index (χ1) is 6.00. The SMILES string of the molecule is CC(C)Nc1nc(Cl)c(Cl)nc1N. The van der Waals surface area contributed by atoms with Crippen molar-refractivity contribution in [3.63, 3.8) is 0 Å². The quantitative estimate of drug-likeness (QED) is 0.803. The van der Waals surface area contributed by atoms with Gasteiger partial charge in [0.1, 0.15) is 0 Å². The normalized spacial score (nSPS) is 10.5. The molecule has 4 nitrogen and oxygen atoms in total. The van der Waals surface area contributed by atoms with Gasteiger partial charge in [-0.15, -0.1) is 0 Å². The number of anilines is 2. The standard InChI is InChI=1S/C7H10Cl2N4/c1-3(2)11-7-6(10)12-4(8)5(9)13-7/h3H,1-2H3,(H2,10,12)(H,11,13). The molecule has 0 aliphatic carbocycles. The molecule has 72 valence electrons. The van der Waals surface area contributed by atoms with E-state index in [9.17, 15) is 0 Å². The molecule has 0 aliphatic heterocycles. The van der Waals surface area contributed by atoms with Crippen LogP contribution in [0.4, 0.5) is 11.6 Å². The summed E-state index contributed by atoms with van der Waals surface area (Å²) in [5, 5.41) is 3.27. The zero-order valence-electron chi connectivity index (χ0n) is 7.31.